The van der Waals surface area contributed by atoms with Crippen molar-refractivity contribution in [3.05, 3.63) is 0 Å². The summed E-state index contributed by atoms with van der Waals surface area (Å²) in [4.78, 5) is 22.6. The Bertz CT molecular complexity index is 279. The molecular formula is C10H17NO4. The number of carbonyl (C=O) groups excluding carboxylic acids is 1. The molecule has 0 aromatic carbocycles. The monoisotopic (exact) mass is 215 g/mol. The molecule has 2 N–H and O–H groups in total. The number of hydrogen-bond donors (Lipinski definition) is 2. The van der Waals surface area contributed by atoms with Gasteiger partial charge in [0.05, 0.1) is 0 Å². The van der Waals surface area contributed by atoms with Crippen LogP contribution in [0.15, 0.2) is 0 Å². The second-order valence-electron chi connectivity index (χ2n) is 4.57. The number of carboxylic acids is 1. The van der Waals surface area contributed by atoms with E-state index in [1.807, 2.05) is 0 Å². The lowest BCUT2D eigenvalue weighted by atomic mass is 9.98. The van der Waals surface area contributed by atoms with Gasteiger partial charge in [-0.25, -0.2) is 4.79 Å². The normalized spacial score (nSPS) is 26.3. The average molecular weight is 215 g/mol. The van der Waals surface area contributed by atoms with Gasteiger partial charge in [0, 0.05) is 6.61 Å². The van der Waals surface area contributed by atoms with Gasteiger partial charge in [-0.05, 0) is 33.6 Å². The highest BCUT2D eigenvalue weighted by Gasteiger charge is 2.41. The molecule has 0 spiro atoms. The van der Waals surface area contributed by atoms with Gasteiger partial charge >= 0.3 is 5.97 Å². The van der Waals surface area contributed by atoms with Crippen molar-refractivity contribution < 1.29 is 19.4 Å². The molecule has 0 bridgehead atoms. The largest absolute Gasteiger partial charge is 0.480 e. The van der Waals surface area contributed by atoms with E-state index < -0.39 is 17.1 Å². The molecule has 5 heteroatoms. The Morgan fingerprint density at radius 1 is 1.47 bits per heavy atom. The molecular weight excluding hydrogens is 198 g/mol. The van der Waals surface area contributed by atoms with Crippen LogP contribution in [0.4, 0.5) is 0 Å². The van der Waals surface area contributed by atoms with Crippen molar-refractivity contribution in [1.29, 1.82) is 0 Å². The minimum atomic E-state index is -1.26. The highest BCUT2D eigenvalue weighted by atomic mass is 16.5. The number of carbonyl (C=O) groups is 2. The Kier molecular flexibility index (Phi) is 3.04. The highest BCUT2D eigenvalue weighted by molar-refractivity contribution is 5.90. The van der Waals surface area contributed by atoms with Gasteiger partial charge in [0.2, 0.25) is 0 Å². The van der Waals surface area contributed by atoms with Crippen LogP contribution < -0.4 is 5.32 Å². The van der Waals surface area contributed by atoms with Crippen LogP contribution in [0.3, 0.4) is 0 Å². The molecule has 1 rings (SSSR count). The van der Waals surface area contributed by atoms with Crippen LogP contribution in [-0.2, 0) is 14.3 Å². The van der Waals surface area contributed by atoms with E-state index in [9.17, 15) is 9.59 Å². The molecule has 1 fully saturated rings. The first-order chi connectivity index (χ1) is 6.78. The van der Waals surface area contributed by atoms with Gasteiger partial charge in [-0.1, -0.05) is 0 Å². The maximum atomic E-state index is 11.8. The number of hydrogen-bond acceptors (Lipinski definition) is 3. The number of amides is 1. The molecule has 5 nitrogen and oxygen atoms in total. The van der Waals surface area contributed by atoms with Gasteiger partial charge in [-0.2, -0.15) is 0 Å². The van der Waals surface area contributed by atoms with Crippen LogP contribution in [0.2, 0.25) is 0 Å². The SMILES string of the molecule is CC(C)(NC(=O)C1(C)CCCO1)C(=O)O. The predicted octanol–water partition coefficient (Wildman–Crippen LogP) is 0.535. The molecule has 1 heterocycles. The fourth-order valence-corrected chi connectivity index (χ4v) is 1.43. The molecule has 0 aromatic heterocycles. The van der Waals surface area contributed by atoms with Gasteiger partial charge < -0.3 is 15.2 Å². The molecule has 0 aliphatic carbocycles. The number of carboxylic acid groups (broad SMARTS) is 1. The molecule has 1 atom stereocenters. The zero-order chi connectivity index (χ0) is 11.7. The summed E-state index contributed by atoms with van der Waals surface area (Å²) in [6, 6.07) is 0. The van der Waals surface area contributed by atoms with Crippen LogP contribution in [0.5, 0.6) is 0 Å². The molecule has 1 aliphatic rings. The zero-order valence-electron chi connectivity index (χ0n) is 9.29. The Hall–Kier alpha value is -1.10. The van der Waals surface area contributed by atoms with Crippen LogP contribution in [-0.4, -0.2) is 34.7 Å². The summed E-state index contributed by atoms with van der Waals surface area (Å²) in [6.07, 6.45) is 1.46. The smallest absolute Gasteiger partial charge is 0.328 e. The van der Waals surface area contributed by atoms with Crippen molar-refractivity contribution in [1.82, 2.24) is 5.32 Å². The maximum absolute atomic E-state index is 11.8. The van der Waals surface area contributed by atoms with E-state index in [1.54, 1.807) is 6.92 Å². The van der Waals surface area contributed by atoms with E-state index in [2.05, 4.69) is 5.32 Å². The topological polar surface area (TPSA) is 75.6 Å². The molecule has 1 unspecified atom stereocenters. The van der Waals surface area contributed by atoms with E-state index in [-0.39, 0.29) is 5.91 Å². The van der Waals surface area contributed by atoms with Gasteiger partial charge in [0.1, 0.15) is 11.1 Å². The number of aliphatic carboxylic acids is 1. The first kappa shape index (κ1) is 12.0. The maximum Gasteiger partial charge on any atom is 0.328 e. The zero-order valence-corrected chi connectivity index (χ0v) is 9.29. The Labute approximate surface area is 88.8 Å². The standard InChI is InChI=1S/C10H17NO4/c1-9(2,8(13)14)11-7(12)10(3)5-4-6-15-10/h4-6H2,1-3H3,(H,11,12)(H,13,14). The Morgan fingerprint density at radius 2 is 2.07 bits per heavy atom. The second kappa shape index (κ2) is 3.81. The fraction of sp³-hybridized carbons (Fsp3) is 0.800. The van der Waals surface area contributed by atoms with E-state index in [1.165, 1.54) is 13.8 Å². The van der Waals surface area contributed by atoms with Crippen LogP contribution in [0.25, 0.3) is 0 Å². The molecule has 1 amide bonds. The fourth-order valence-electron chi connectivity index (χ4n) is 1.43. The van der Waals surface area contributed by atoms with Crippen molar-refractivity contribution in [2.45, 2.75) is 44.8 Å². The molecule has 86 valence electrons. The first-order valence-corrected chi connectivity index (χ1v) is 4.98. The summed E-state index contributed by atoms with van der Waals surface area (Å²) in [6.45, 7) is 5.14. The lowest BCUT2D eigenvalue weighted by Crippen LogP contribution is -2.56. The molecule has 15 heavy (non-hydrogen) atoms. The van der Waals surface area contributed by atoms with E-state index in [0.717, 1.165) is 6.42 Å². The van der Waals surface area contributed by atoms with Crippen LogP contribution >= 0.6 is 0 Å². The number of ether oxygens (including phenoxy) is 1. The summed E-state index contributed by atoms with van der Waals surface area (Å²) >= 11 is 0. The molecule has 0 saturated carbocycles. The van der Waals surface area contributed by atoms with E-state index >= 15 is 0 Å². The minimum absolute atomic E-state index is 0.354. The Morgan fingerprint density at radius 3 is 2.47 bits per heavy atom. The average Bonchev–Trinajstić information content (AvgIpc) is 2.52. The van der Waals surface area contributed by atoms with Crippen LogP contribution in [0, 0.1) is 0 Å². The third-order valence-electron chi connectivity index (χ3n) is 2.66. The molecule has 1 aliphatic heterocycles. The van der Waals surface area contributed by atoms with Gasteiger partial charge in [-0.3, -0.25) is 4.79 Å². The molecule has 1 saturated heterocycles. The summed E-state index contributed by atoms with van der Waals surface area (Å²) < 4.78 is 5.32. The summed E-state index contributed by atoms with van der Waals surface area (Å²) in [5.41, 5.74) is -2.13. The van der Waals surface area contributed by atoms with Crippen molar-refractivity contribution in [3.63, 3.8) is 0 Å². The summed E-state index contributed by atoms with van der Waals surface area (Å²) in [5.74, 6) is -1.41. The summed E-state index contributed by atoms with van der Waals surface area (Å²) in [7, 11) is 0. The van der Waals surface area contributed by atoms with Gasteiger partial charge in [0.15, 0.2) is 0 Å². The van der Waals surface area contributed by atoms with Gasteiger partial charge in [-0.15, -0.1) is 0 Å². The van der Waals surface area contributed by atoms with Crippen molar-refractivity contribution in [2.75, 3.05) is 6.61 Å². The number of nitrogens with one attached hydrogen (secondary N) is 1. The quantitative estimate of drug-likeness (QED) is 0.720. The third kappa shape index (κ3) is 2.47. The van der Waals surface area contributed by atoms with Crippen molar-refractivity contribution in [2.24, 2.45) is 0 Å². The predicted molar refractivity (Wildman–Crippen MR) is 53.4 cm³/mol. The first-order valence-electron chi connectivity index (χ1n) is 4.98. The second-order valence-corrected chi connectivity index (χ2v) is 4.57. The van der Waals surface area contributed by atoms with Crippen LogP contribution in [0.1, 0.15) is 33.6 Å². The van der Waals surface area contributed by atoms with E-state index in [4.69, 9.17) is 9.84 Å². The third-order valence-corrected chi connectivity index (χ3v) is 2.66. The highest BCUT2D eigenvalue weighted by Crippen LogP contribution is 2.25. The summed E-state index contributed by atoms with van der Waals surface area (Å²) in [5, 5.41) is 11.3. The Balaban J connectivity index is 2.66. The molecule has 0 aromatic rings. The lowest BCUT2D eigenvalue weighted by molar-refractivity contribution is -0.151. The van der Waals surface area contributed by atoms with Crippen molar-refractivity contribution >= 4 is 11.9 Å². The lowest BCUT2D eigenvalue weighted by Gasteiger charge is -2.28. The molecule has 0 radical (unpaired) electrons. The number of rotatable bonds is 3. The van der Waals surface area contributed by atoms with Crippen molar-refractivity contribution in [3.8, 4) is 0 Å². The minimum Gasteiger partial charge on any atom is -0.480 e. The van der Waals surface area contributed by atoms with E-state index in [0.29, 0.717) is 13.0 Å². The van der Waals surface area contributed by atoms with Gasteiger partial charge in [0.25, 0.3) is 5.91 Å².